The molecule has 0 aliphatic carbocycles. The summed E-state index contributed by atoms with van der Waals surface area (Å²) in [7, 11) is 0. The number of aromatic nitrogens is 2. The minimum Gasteiger partial charge on any atom is -0.493 e. The zero-order valence-corrected chi connectivity index (χ0v) is 9.86. The normalized spacial score (nSPS) is 10.2. The highest BCUT2D eigenvalue weighted by molar-refractivity contribution is 6.09. The molecule has 0 fully saturated rings. The van der Waals surface area contributed by atoms with E-state index in [2.05, 4.69) is 10.2 Å². The maximum absolute atomic E-state index is 12.2. The van der Waals surface area contributed by atoms with E-state index in [0.717, 1.165) is 5.56 Å². The van der Waals surface area contributed by atoms with Crippen LogP contribution in [0.25, 0.3) is 0 Å². The summed E-state index contributed by atoms with van der Waals surface area (Å²) >= 11 is 0. The molecule has 0 amide bonds. The molecule has 0 saturated carbocycles. The molecule has 0 spiro atoms. The number of nitrogens with zero attached hydrogens (tertiary/aromatic N) is 1. The Bertz CT molecular complexity index is 518. The van der Waals surface area contributed by atoms with Crippen LogP contribution in [0.5, 0.6) is 5.75 Å². The molecule has 4 nitrogen and oxygen atoms in total. The highest BCUT2D eigenvalue weighted by atomic mass is 16.5. The van der Waals surface area contributed by atoms with Gasteiger partial charge in [-0.05, 0) is 32.0 Å². The van der Waals surface area contributed by atoms with E-state index in [1.165, 1.54) is 0 Å². The van der Waals surface area contributed by atoms with Gasteiger partial charge in [0.2, 0.25) is 5.78 Å². The molecule has 0 bridgehead atoms. The van der Waals surface area contributed by atoms with Crippen LogP contribution in [0.3, 0.4) is 0 Å². The summed E-state index contributed by atoms with van der Waals surface area (Å²) in [5.41, 5.74) is 2.06. The van der Waals surface area contributed by atoms with Gasteiger partial charge < -0.3 is 4.74 Å². The van der Waals surface area contributed by atoms with E-state index in [9.17, 15) is 4.79 Å². The lowest BCUT2D eigenvalue weighted by molar-refractivity contribution is 0.103. The van der Waals surface area contributed by atoms with Crippen molar-refractivity contribution >= 4 is 5.78 Å². The number of benzene rings is 1. The maximum Gasteiger partial charge on any atom is 0.214 e. The van der Waals surface area contributed by atoms with Crippen LogP contribution in [-0.4, -0.2) is 22.6 Å². The van der Waals surface area contributed by atoms with Crippen molar-refractivity contribution in [3.05, 3.63) is 47.3 Å². The lowest BCUT2D eigenvalue weighted by atomic mass is 10.0. The first-order chi connectivity index (χ1) is 8.22. The second-order valence-electron chi connectivity index (χ2n) is 3.73. The monoisotopic (exact) mass is 230 g/mol. The number of hydrogen-bond donors (Lipinski definition) is 1. The van der Waals surface area contributed by atoms with Crippen molar-refractivity contribution < 1.29 is 9.53 Å². The lowest BCUT2D eigenvalue weighted by Crippen LogP contribution is -2.06. The Kier molecular flexibility index (Phi) is 3.23. The van der Waals surface area contributed by atoms with Crippen molar-refractivity contribution in [3.8, 4) is 5.75 Å². The van der Waals surface area contributed by atoms with Crippen molar-refractivity contribution in [2.75, 3.05) is 6.61 Å². The summed E-state index contributed by atoms with van der Waals surface area (Å²) in [5.74, 6) is 0.507. The number of carbonyl (C=O) groups is 1. The molecule has 4 heteroatoms. The fourth-order valence-electron chi connectivity index (χ4n) is 1.63. The highest BCUT2D eigenvalue weighted by Gasteiger charge is 2.15. The van der Waals surface area contributed by atoms with Crippen LogP contribution < -0.4 is 4.74 Å². The fourth-order valence-corrected chi connectivity index (χ4v) is 1.63. The molecule has 2 rings (SSSR count). The van der Waals surface area contributed by atoms with Crippen molar-refractivity contribution in [1.29, 1.82) is 0 Å². The second-order valence-corrected chi connectivity index (χ2v) is 3.73. The van der Waals surface area contributed by atoms with Crippen LogP contribution in [-0.2, 0) is 0 Å². The van der Waals surface area contributed by atoms with Crippen molar-refractivity contribution in [2.24, 2.45) is 0 Å². The molecule has 1 aromatic carbocycles. The van der Waals surface area contributed by atoms with Crippen molar-refractivity contribution in [2.45, 2.75) is 13.8 Å². The molecular formula is C13H14N2O2. The molecule has 2 aromatic rings. The SMILES string of the molecule is CCOc1ccc(C)cc1C(=O)c1ccn[nH]1. The van der Waals surface area contributed by atoms with E-state index in [0.29, 0.717) is 23.6 Å². The number of H-pyrrole nitrogens is 1. The van der Waals surface area contributed by atoms with Gasteiger partial charge in [0, 0.05) is 6.20 Å². The Morgan fingerprint density at radius 1 is 1.41 bits per heavy atom. The minimum atomic E-state index is -0.102. The van der Waals surface area contributed by atoms with E-state index < -0.39 is 0 Å². The van der Waals surface area contributed by atoms with Gasteiger partial charge in [-0.15, -0.1) is 0 Å². The van der Waals surface area contributed by atoms with Crippen molar-refractivity contribution in [1.82, 2.24) is 10.2 Å². The average molecular weight is 230 g/mol. The average Bonchev–Trinajstić information content (AvgIpc) is 2.84. The van der Waals surface area contributed by atoms with Gasteiger partial charge >= 0.3 is 0 Å². The first-order valence-electron chi connectivity index (χ1n) is 5.50. The number of carbonyl (C=O) groups excluding carboxylic acids is 1. The zero-order valence-electron chi connectivity index (χ0n) is 9.86. The third-order valence-electron chi connectivity index (χ3n) is 2.42. The topological polar surface area (TPSA) is 55.0 Å². The van der Waals surface area contributed by atoms with Crippen LogP contribution in [0.15, 0.2) is 30.5 Å². The Labute approximate surface area is 99.6 Å². The predicted molar refractivity (Wildman–Crippen MR) is 64.4 cm³/mol. The molecular weight excluding hydrogens is 216 g/mol. The third-order valence-corrected chi connectivity index (χ3v) is 2.42. The zero-order chi connectivity index (χ0) is 12.3. The minimum absolute atomic E-state index is 0.102. The molecule has 17 heavy (non-hydrogen) atoms. The number of rotatable bonds is 4. The van der Waals surface area contributed by atoms with Crippen LogP contribution in [0, 0.1) is 6.92 Å². The van der Waals surface area contributed by atoms with E-state index in [4.69, 9.17) is 4.74 Å². The summed E-state index contributed by atoms with van der Waals surface area (Å²) in [4.78, 5) is 12.2. The quantitative estimate of drug-likeness (QED) is 0.820. The van der Waals surface area contributed by atoms with Gasteiger partial charge in [-0.1, -0.05) is 11.6 Å². The van der Waals surface area contributed by atoms with Gasteiger partial charge in [0.25, 0.3) is 0 Å². The summed E-state index contributed by atoms with van der Waals surface area (Å²) in [6.07, 6.45) is 1.56. The Morgan fingerprint density at radius 3 is 2.88 bits per heavy atom. The Hall–Kier alpha value is -2.10. The number of hydrogen-bond acceptors (Lipinski definition) is 3. The third kappa shape index (κ3) is 2.36. The van der Waals surface area contributed by atoms with E-state index in [1.807, 2.05) is 32.0 Å². The molecule has 0 aliphatic rings. The van der Waals surface area contributed by atoms with Gasteiger partial charge in [-0.3, -0.25) is 9.89 Å². The fraction of sp³-hybridized carbons (Fsp3) is 0.231. The summed E-state index contributed by atoms with van der Waals surface area (Å²) in [5, 5.41) is 6.45. The van der Waals surface area contributed by atoms with Crippen LogP contribution >= 0.6 is 0 Å². The number of aromatic amines is 1. The smallest absolute Gasteiger partial charge is 0.214 e. The lowest BCUT2D eigenvalue weighted by Gasteiger charge is -2.09. The number of ether oxygens (including phenoxy) is 1. The Morgan fingerprint density at radius 2 is 2.24 bits per heavy atom. The van der Waals surface area contributed by atoms with Crippen LogP contribution in [0.1, 0.15) is 28.5 Å². The van der Waals surface area contributed by atoms with Crippen LogP contribution in [0.2, 0.25) is 0 Å². The molecule has 0 atom stereocenters. The Balaban J connectivity index is 2.42. The molecule has 88 valence electrons. The van der Waals surface area contributed by atoms with Crippen molar-refractivity contribution in [3.63, 3.8) is 0 Å². The van der Waals surface area contributed by atoms with Gasteiger partial charge in [0.05, 0.1) is 12.2 Å². The number of ketones is 1. The summed E-state index contributed by atoms with van der Waals surface area (Å²) < 4.78 is 5.46. The van der Waals surface area contributed by atoms with Gasteiger partial charge in [-0.2, -0.15) is 5.10 Å². The molecule has 0 aliphatic heterocycles. The summed E-state index contributed by atoms with van der Waals surface area (Å²) in [6.45, 7) is 4.37. The molecule has 0 radical (unpaired) electrons. The van der Waals surface area contributed by atoms with Gasteiger partial charge in [-0.25, -0.2) is 0 Å². The molecule has 0 saturated heterocycles. The van der Waals surface area contributed by atoms with Crippen LogP contribution in [0.4, 0.5) is 0 Å². The standard InChI is InChI=1S/C13H14N2O2/c1-3-17-12-5-4-9(2)8-10(12)13(16)11-6-7-14-15-11/h4-8H,3H2,1-2H3,(H,14,15). The first kappa shape index (κ1) is 11.4. The number of aryl methyl sites for hydroxylation is 1. The highest BCUT2D eigenvalue weighted by Crippen LogP contribution is 2.22. The summed E-state index contributed by atoms with van der Waals surface area (Å²) in [6, 6.07) is 7.23. The van der Waals surface area contributed by atoms with E-state index >= 15 is 0 Å². The largest absolute Gasteiger partial charge is 0.493 e. The molecule has 1 N–H and O–H groups in total. The maximum atomic E-state index is 12.2. The van der Waals surface area contributed by atoms with Gasteiger partial charge in [0.15, 0.2) is 0 Å². The predicted octanol–water partition coefficient (Wildman–Crippen LogP) is 2.35. The number of nitrogens with one attached hydrogen (secondary N) is 1. The first-order valence-corrected chi connectivity index (χ1v) is 5.50. The molecule has 0 unspecified atom stereocenters. The van der Waals surface area contributed by atoms with E-state index in [1.54, 1.807) is 12.3 Å². The second kappa shape index (κ2) is 4.82. The van der Waals surface area contributed by atoms with E-state index in [-0.39, 0.29) is 5.78 Å². The van der Waals surface area contributed by atoms with Gasteiger partial charge in [0.1, 0.15) is 11.4 Å². The molecule has 1 heterocycles. The molecule has 1 aromatic heterocycles.